The van der Waals surface area contributed by atoms with E-state index >= 15 is 0 Å². The van der Waals surface area contributed by atoms with Crippen LogP contribution in [0.2, 0.25) is 0 Å². The summed E-state index contributed by atoms with van der Waals surface area (Å²) in [7, 11) is -3.85. The highest BCUT2D eigenvalue weighted by Crippen LogP contribution is 2.18. The topological polar surface area (TPSA) is 54.4 Å². The highest BCUT2D eigenvalue weighted by atomic mass is 32.2. The predicted molar refractivity (Wildman–Crippen MR) is 82.1 cm³/mol. The summed E-state index contributed by atoms with van der Waals surface area (Å²) in [4.78, 5) is 0. The van der Waals surface area contributed by atoms with Crippen LogP contribution in [0, 0.1) is 0 Å². The Balaban J connectivity index is 3.82. The molecule has 0 aromatic heterocycles. The fourth-order valence-electron chi connectivity index (χ4n) is 2.39. The molecule has 1 atom stereocenters. The van der Waals surface area contributed by atoms with Crippen LogP contribution in [0.1, 0.15) is 90.9 Å². The molecule has 0 spiro atoms. The SMILES string of the molecule is CCCCCCCC[C@@H](CCCCCC)S(=O)(=O)O. The molecule has 0 aliphatic rings. The lowest BCUT2D eigenvalue weighted by molar-refractivity contribution is 0.443. The third-order valence-electron chi connectivity index (χ3n) is 3.68. The zero-order valence-corrected chi connectivity index (χ0v) is 13.6. The van der Waals surface area contributed by atoms with E-state index in [9.17, 15) is 13.0 Å². The van der Waals surface area contributed by atoms with Gasteiger partial charge >= 0.3 is 0 Å². The molecule has 0 bridgehead atoms. The van der Waals surface area contributed by atoms with E-state index in [1.54, 1.807) is 0 Å². The molecule has 0 aromatic carbocycles. The summed E-state index contributed by atoms with van der Waals surface area (Å²) in [5.41, 5.74) is 0. The Hall–Kier alpha value is -0.0900. The van der Waals surface area contributed by atoms with Gasteiger partial charge in [-0.25, -0.2) is 0 Å². The van der Waals surface area contributed by atoms with Gasteiger partial charge < -0.3 is 0 Å². The van der Waals surface area contributed by atoms with Crippen LogP contribution in [-0.4, -0.2) is 18.2 Å². The Bertz CT molecular complexity index is 286. The monoisotopic (exact) mass is 292 g/mol. The fraction of sp³-hybridized carbons (Fsp3) is 1.00. The van der Waals surface area contributed by atoms with Crippen LogP contribution >= 0.6 is 0 Å². The Labute approximate surface area is 119 Å². The number of hydrogen-bond acceptors (Lipinski definition) is 2. The Kier molecular flexibility index (Phi) is 11.7. The smallest absolute Gasteiger partial charge is 0.267 e. The third kappa shape index (κ3) is 11.4. The zero-order valence-electron chi connectivity index (χ0n) is 12.7. The molecule has 116 valence electrons. The van der Waals surface area contributed by atoms with Crippen LogP contribution in [0.4, 0.5) is 0 Å². The molecular weight excluding hydrogens is 260 g/mol. The van der Waals surface area contributed by atoms with Gasteiger partial charge in [0, 0.05) is 0 Å². The van der Waals surface area contributed by atoms with E-state index in [2.05, 4.69) is 13.8 Å². The van der Waals surface area contributed by atoms with Crippen LogP contribution in [0.25, 0.3) is 0 Å². The molecule has 4 heteroatoms. The quantitative estimate of drug-likeness (QED) is 0.385. The van der Waals surface area contributed by atoms with Crippen LogP contribution in [-0.2, 0) is 10.1 Å². The van der Waals surface area contributed by atoms with Crippen molar-refractivity contribution in [2.75, 3.05) is 0 Å². The van der Waals surface area contributed by atoms with Gasteiger partial charge in [0.15, 0.2) is 0 Å². The molecule has 0 aliphatic heterocycles. The molecule has 0 aliphatic carbocycles. The molecule has 0 heterocycles. The third-order valence-corrected chi connectivity index (χ3v) is 4.99. The summed E-state index contributed by atoms with van der Waals surface area (Å²) >= 11 is 0. The molecule has 0 saturated carbocycles. The van der Waals surface area contributed by atoms with Gasteiger partial charge in [0.2, 0.25) is 0 Å². The van der Waals surface area contributed by atoms with Crippen LogP contribution in [0.15, 0.2) is 0 Å². The maximum atomic E-state index is 11.3. The van der Waals surface area contributed by atoms with Crippen molar-refractivity contribution in [1.29, 1.82) is 0 Å². The maximum Gasteiger partial charge on any atom is 0.267 e. The van der Waals surface area contributed by atoms with Crippen molar-refractivity contribution in [2.45, 2.75) is 96.1 Å². The minimum absolute atomic E-state index is 0.532. The summed E-state index contributed by atoms with van der Waals surface area (Å²) < 4.78 is 31.9. The minimum Gasteiger partial charge on any atom is -0.285 e. The molecule has 0 aromatic rings. The van der Waals surface area contributed by atoms with Gasteiger partial charge in [-0.05, 0) is 12.8 Å². The molecule has 0 unspecified atom stereocenters. The number of rotatable bonds is 13. The molecule has 0 saturated heterocycles. The van der Waals surface area contributed by atoms with Gasteiger partial charge in [0.1, 0.15) is 0 Å². The summed E-state index contributed by atoms with van der Waals surface area (Å²) in [6, 6.07) is 0. The van der Waals surface area contributed by atoms with Crippen molar-refractivity contribution >= 4 is 10.1 Å². The first-order valence-electron chi connectivity index (χ1n) is 7.98. The second-order valence-electron chi connectivity index (χ2n) is 5.54. The van der Waals surface area contributed by atoms with Gasteiger partial charge in [-0.3, -0.25) is 4.55 Å². The molecule has 3 nitrogen and oxygen atoms in total. The molecule has 0 rings (SSSR count). The summed E-state index contributed by atoms with van der Waals surface area (Å²) in [6.07, 6.45) is 12.4. The summed E-state index contributed by atoms with van der Waals surface area (Å²) in [6.45, 7) is 4.32. The van der Waals surface area contributed by atoms with E-state index in [0.717, 1.165) is 38.5 Å². The molecule has 0 amide bonds. The van der Waals surface area contributed by atoms with E-state index < -0.39 is 15.4 Å². The molecular formula is C15H32O3S. The Morgan fingerprint density at radius 1 is 0.737 bits per heavy atom. The van der Waals surface area contributed by atoms with Crippen molar-refractivity contribution in [3.8, 4) is 0 Å². The van der Waals surface area contributed by atoms with Gasteiger partial charge in [-0.15, -0.1) is 0 Å². The van der Waals surface area contributed by atoms with E-state index in [-0.39, 0.29) is 0 Å². The number of hydrogen-bond donors (Lipinski definition) is 1. The van der Waals surface area contributed by atoms with Crippen molar-refractivity contribution in [1.82, 2.24) is 0 Å². The van der Waals surface area contributed by atoms with Gasteiger partial charge in [0.05, 0.1) is 5.25 Å². The maximum absolute atomic E-state index is 11.3. The Morgan fingerprint density at radius 3 is 1.53 bits per heavy atom. The molecule has 0 fully saturated rings. The molecule has 0 radical (unpaired) electrons. The fourth-order valence-corrected chi connectivity index (χ4v) is 3.32. The standard InChI is InChI=1S/C15H32O3S/c1-3-5-7-9-10-12-14-15(19(16,17)18)13-11-8-6-4-2/h15H,3-14H2,1-2H3,(H,16,17,18)/t15-/m1/s1. The minimum atomic E-state index is -3.85. The van der Waals surface area contributed by atoms with Gasteiger partial charge in [-0.1, -0.05) is 78.1 Å². The van der Waals surface area contributed by atoms with E-state index in [4.69, 9.17) is 0 Å². The lowest BCUT2D eigenvalue weighted by atomic mass is 10.0. The first kappa shape index (κ1) is 18.9. The average molecular weight is 292 g/mol. The second kappa shape index (κ2) is 11.7. The van der Waals surface area contributed by atoms with Crippen LogP contribution in [0.3, 0.4) is 0 Å². The lowest BCUT2D eigenvalue weighted by Crippen LogP contribution is -2.20. The van der Waals surface area contributed by atoms with Gasteiger partial charge in [0.25, 0.3) is 10.1 Å². The van der Waals surface area contributed by atoms with Gasteiger partial charge in [-0.2, -0.15) is 8.42 Å². The van der Waals surface area contributed by atoms with E-state index in [1.807, 2.05) is 0 Å². The lowest BCUT2D eigenvalue weighted by Gasteiger charge is -2.13. The number of unbranched alkanes of at least 4 members (excludes halogenated alkanes) is 8. The summed E-state index contributed by atoms with van der Waals surface area (Å²) in [5.74, 6) is 0. The first-order chi connectivity index (χ1) is 9.02. The molecule has 1 N–H and O–H groups in total. The van der Waals surface area contributed by atoms with E-state index in [0.29, 0.717) is 12.8 Å². The predicted octanol–water partition coefficient (Wildman–Crippen LogP) is 4.96. The van der Waals surface area contributed by atoms with Crippen molar-refractivity contribution in [2.24, 2.45) is 0 Å². The summed E-state index contributed by atoms with van der Waals surface area (Å²) in [5, 5.41) is -0.532. The normalized spacial score (nSPS) is 13.6. The van der Waals surface area contributed by atoms with Crippen LogP contribution in [0.5, 0.6) is 0 Å². The second-order valence-corrected chi connectivity index (χ2v) is 7.24. The zero-order chi connectivity index (χ0) is 14.6. The average Bonchev–Trinajstić information content (AvgIpc) is 2.34. The van der Waals surface area contributed by atoms with Crippen molar-refractivity contribution < 1.29 is 13.0 Å². The highest BCUT2D eigenvalue weighted by molar-refractivity contribution is 7.86. The highest BCUT2D eigenvalue weighted by Gasteiger charge is 2.21. The largest absolute Gasteiger partial charge is 0.285 e. The van der Waals surface area contributed by atoms with Crippen LogP contribution < -0.4 is 0 Å². The van der Waals surface area contributed by atoms with Crippen molar-refractivity contribution in [3.05, 3.63) is 0 Å². The van der Waals surface area contributed by atoms with Crippen molar-refractivity contribution in [3.63, 3.8) is 0 Å². The molecule has 19 heavy (non-hydrogen) atoms. The Morgan fingerprint density at radius 2 is 1.11 bits per heavy atom. The van der Waals surface area contributed by atoms with E-state index in [1.165, 1.54) is 25.7 Å². The first-order valence-corrected chi connectivity index (χ1v) is 9.49.